The Kier molecular flexibility index (Phi) is 7.22. The van der Waals surface area contributed by atoms with Crippen LogP contribution in [0.15, 0.2) is 47.4 Å². The van der Waals surface area contributed by atoms with Gasteiger partial charge in [0.05, 0.1) is 22.9 Å². The van der Waals surface area contributed by atoms with Crippen LogP contribution in [0.4, 0.5) is 11.6 Å². The first kappa shape index (κ1) is 23.5. The number of hydrogen-bond donors (Lipinski definition) is 1. The number of aromatic nitrogens is 3. The molecule has 1 aliphatic heterocycles. The Bertz CT molecular complexity index is 1190. The molecule has 2 aromatic heterocycles. The van der Waals surface area contributed by atoms with Gasteiger partial charge in [-0.15, -0.1) is 0 Å². The van der Waals surface area contributed by atoms with Gasteiger partial charge in [-0.05, 0) is 43.7 Å². The van der Waals surface area contributed by atoms with Gasteiger partial charge in [0.15, 0.2) is 0 Å². The molecule has 0 radical (unpaired) electrons. The van der Waals surface area contributed by atoms with Gasteiger partial charge in [0.1, 0.15) is 17.3 Å². The van der Waals surface area contributed by atoms with Crippen LogP contribution in [0.5, 0.6) is 0 Å². The SMILES string of the molecule is CCO[C@H]1CN(c2ccccn2)CC1Nc1c(CC)nc(-c2ccc(Cl)cc2Cl)c(=O)n1C. The minimum absolute atomic E-state index is 0.0328. The van der Waals surface area contributed by atoms with Crippen molar-refractivity contribution < 1.29 is 4.74 Å². The highest BCUT2D eigenvalue weighted by atomic mass is 35.5. The second-order valence-corrected chi connectivity index (χ2v) is 8.78. The number of ether oxygens (including phenoxy) is 1. The van der Waals surface area contributed by atoms with Gasteiger partial charge in [0.2, 0.25) is 0 Å². The highest BCUT2D eigenvalue weighted by Gasteiger charge is 2.35. The lowest BCUT2D eigenvalue weighted by Crippen LogP contribution is -2.37. The molecule has 1 saturated heterocycles. The molecule has 3 heterocycles. The van der Waals surface area contributed by atoms with Crippen molar-refractivity contribution in [3.05, 3.63) is 68.7 Å². The van der Waals surface area contributed by atoms with E-state index in [1.807, 2.05) is 32.0 Å². The minimum Gasteiger partial charge on any atom is -0.374 e. The zero-order valence-corrected chi connectivity index (χ0v) is 20.4. The lowest BCUT2D eigenvalue weighted by molar-refractivity contribution is 0.0718. The molecule has 0 saturated carbocycles. The van der Waals surface area contributed by atoms with Crippen LogP contribution in [0.1, 0.15) is 19.5 Å². The number of rotatable bonds is 7. The summed E-state index contributed by atoms with van der Waals surface area (Å²) in [6.45, 7) is 6.01. The first-order valence-electron chi connectivity index (χ1n) is 11.0. The number of nitrogens with zero attached hydrogens (tertiary/aromatic N) is 4. The van der Waals surface area contributed by atoms with E-state index < -0.39 is 0 Å². The van der Waals surface area contributed by atoms with Crippen LogP contribution in [0.2, 0.25) is 10.0 Å². The Labute approximate surface area is 203 Å². The average molecular weight is 488 g/mol. The fourth-order valence-corrected chi connectivity index (χ4v) is 4.67. The maximum atomic E-state index is 13.3. The highest BCUT2D eigenvalue weighted by Crippen LogP contribution is 2.29. The number of aryl methyl sites for hydroxylation is 1. The molecule has 33 heavy (non-hydrogen) atoms. The monoisotopic (exact) mass is 487 g/mol. The van der Waals surface area contributed by atoms with Crippen molar-refractivity contribution in [1.29, 1.82) is 0 Å². The smallest absolute Gasteiger partial charge is 0.278 e. The van der Waals surface area contributed by atoms with E-state index in [2.05, 4.69) is 15.2 Å². The summed E-state index contributed by atoms with van der Waals surface area (Å²) in [5.41, 5.74) is 1.43. The van der Waals surface area contributed by atoms with Gasteiger partial charge in [-0.2, -0.15) is 0 Å². The van der Waals surface area contributed by atoms with E-state index in [0.29, 0.717) is 53.2 Å². The zero-order chi connectivity index (χ0) is 23.5. The maximum absolute atomic E-state index is 13.3. The first-order chi connectivity index (χ1) is 15.9. The van der Waals surface area contributed by atoms with Crippen LogP contribution in [0.25, 0.3) is 11.3 Å². The van der Waals surface area contributed by atoms with Crippen LogP contribution in [-0.2, 0) is 18.2 Å². The molecule has 1 aromatic carbocycles. The molecule has 1 N–H and O–H groups in total. The number of hydrogen-bond acceptors (Lipinski definition) is 6. The van der Waals surface area contributed by atoms with Crippen molar-refractivity contribution in [1.82, 2.24) is 14.5 Å². The van der Waals surface area contributed by atoms with Gasteiger partial charge >= 0.3 is 0 Å². The van der Waals surface area contributed by atoms with E-state index in [1.165, 1.54) is 0 Å². The summed E-state index contributed by atoms with van der Waals surface area (Å²) in [4.78, 5) is 24.7. The van der Waals surface area contributed by atoms with Crippen molar-refractivity contribution in [2.45, 2.75) is 32.4 Å². The molecule has 0 aliphatic carbocycles. The van der Waals surface area contributed by atoms with E-state index in [0.717, 1.165) is 11.5 Å². The van der Waals surface area contributed by atoms with Crippen molar-refractivity contribution in [2.75, 3.05) is 29.9 Å². The Hall–Kier alpha value is -2.61. The molecule has 9 heteroatoms. The average Bonchev–Trinajstić information content (AvgIpc) is 3.21. The summed E-state index contributed by atoms with van der Waals surface area (Å²) in [6, 6.07) is 10.9. The Morgan fingerprint density at radius 3 is 2.67 bits per heavy atom. The number of pyridine rings is 1. The summed E-state index contributed by atoms with van der Waals surface area (Å²) < 4.78 is 7.64. The van der Waals surface area contributed by atoms with Crippen molar-refractivity contribution in [2.24, 2.45) is 7.05 Å². The molecular formula is C24H27Cl2N5O2. The maximum Gasteiger partial charge on any atom is 0.278 e. The number of anilines is 2. The summed E-state index contributed by atoms with van der Waals surface area (Å²) in [7, 11) is 1.75. The van der Waals surface area contributed by atoms with Gasteiger partial charge in [0.25, 0.3) is 5.56 Å². The molecule has 3 aromatic rings. The van der Waals surface area contributed by atoms with Crippen LogP contribution in [0, 0.1) is 0 Å². The zero-order valence-electron chi connectivity index (χ0n) is 18.9. The second-order valence-electron chi connectivity index (χ2n) is 7.94. The van der Waals surface area contributed by atoms with E-state index >= 15 is 0 Å². The fraction of sp³-hybridized carbons (Fsp3) is 0.375. The molecule has 7 nitrogen and oxygen atoms in total. The largest absolute Gasteiger partial charge is 0.374 e. The molecule has 174 valence electrons. The van der Waals surface area contributed by atoms with Gasteiger partial charge in [-0.3, -0.25) is 9.36 Å². The van der Waals surface area contributed by atoms with Crippen LogP contribution in [0.3, 0.4) is 0 Å². The van der Waals surface area contributed by atoms with Crippen molar-refractivity contribution >= 4 is 34.8 Å². The third-order valence-corrected chi connectivity index (χ3v) is 6.37. The Morgan fingerprint density at radius 2 is 2.00 bits per heavy atom. The highest BCUT2D eigenvalue weighted by molar-refractivity contribution is 6.36. The van der Waals surface area contributed by atoms with E-state index in [-0.39, 0.29) is 17.7 Å². The lowest BCUT2D eigenvalue weighted by Gasteiger charge is -2.24. The van der Waals surface area contributed by atoms with E-state index in [4.69, 9.17) is 32.9 Å². The predicted molar refractivity (Wildman–Crippen MR) is 134 cm³/mol. The van der Waals surface area contributed by atoms with Crippen molar-refractivity contribution in [3.8, 4) is 11.3 Å². The number of benzene rings is 1. The van der Waals surface area contributed by atoms with Gasteiger partial charge < -0.3 is 15.0 Å². The van der Waals surface area contributed by atoms with Gasteiger partial charge in [-0.1, -0.05) is 36.2 Å². The Balaban J connectivity index is 1.68. The van der Waals surface area contributed by atoms with Crippen LogP contribution < -0.4 is 15.8 Å². The number of nitrogens with one attached hydrogen (secondary N) is 1. The summed E-state index contributed by atoms with van der Waals surface area (Å²) in [6.07, 6.45) is 2.38. The molecule has 1 unspecified atom stereocenters. The van der Waals surface area contributed by atoms with Crippen LogP contribution >= 0.6 is 23.2 Å². The lowest BCUT2D eigenvalue weighted by atomic mass is 10.1. The summed E-state index contributed by atoms with van der Waals surface area (Å²) in [5, 5.41) is 4.46. The molecule has 0 bridgehead atoms. The molecule has 0 amide bonds. The fourth-order valence-electron chi connectivity index (χ4n) is 4.17. The summed E-state index contributed by atoms with van der Waals surface area (Å²) in [5.74, 6) is 1.59. The summed E-state index contributed by atoms with van der Waals surface area (Å²) >= 11 is 12.4. The van der Waals surface area contributed by atoms with Gasteiger partial charge in [0, 0.05) is 43.5 Å². The third-order valence-electron chi connectivity index (χ3n) is 5.83. The molecule has 1 fully saturated rings. The van der Waals surface area contributed by atoms with E-state index in [1.54, 1.807) is 36.0 Å². The molecule has 0 spiro atoms. The normalized spacial score (nSPS) is 18.0. The topological polar surface area (TPSA) is 72.3 Å². The molecular weight excluding hydrogens is 461 g/mol. The quantitative estimate of drug-likeness (QED) is 0.531. The Morgan fingerprint density at radius 1 is 1.18 bits per heavy atom. The molecule has 4 rings (SSSR count). The van der Waals surface area contributed by atoms with Crippen molar-refractivity contribution in [3.63, 3.8) is 0 Å². The predicted octanol–water partition coefficient (Wildman–Crippen LogP) is 4.42. The standard InChI is InChI=1S/C24H27Cl2N5O2/c1-4-18-23(30(3)24(32)22(28-18)16-10-9-15(25)12-17(16)26)29-19-13-31(14-20(19)33-5-2)21-8-6-7-11-27-21/h6-12,19-20,29H,4-5,13-14H2,1-3H3/t19?,20-/m0/s1. The second kappa shape index (κ2) is 10.1. The van der Waals surface area contributed by atoms with Gasteiger partial charge in [-0.25, -0.2) is 9.97 Å². The molecule has 2 atom stereocenters. The van der Waals surface area contributed by atoms with Crippen LogP contribution in [-0.4, -0.2) is 46.4 Å². The molecule has 1 aliphatic rings. The number of halogens is 2. The third kappa shape index (κ3) is 4.86. The first-order valence-corrected chi connectivity index (χ1v) is 11.8. The minimum atomic E-state index is -0.230. The van der Waals surface area contributed by atoms with E-state index in [9.17, 15) is 4.79 Å².